The number of hydrogen-bond acceptors (Lipinski definition) is 6. The number of benzene rings is 2. The number of thioether (sulfide) groups is 1. The minimum absolute atomic E-state index is 0.126. The monoisotopic (exact) mass is 533 g/mol. The summed E-state index contributed by atoms with van der Waals surface area (Å²) in [5.74, 6) is -2.97. The largest absolute Gasteiger partial charge is 0.502 e. The molecule has 11 heteroatoms. The summed E-state index contributed by atoms with van der Waals surface area (Å²) in [6.07, 6.45) is 2.01. The average Bonchev–Trinajstić information content (AvgIpc) is 3.02. The first-order valence-corrected chi connectivity index (χ1v) is 13.4. The van der Waals surface area contributed by atoms with Gasteiger partial charge in [0, 0.05) is 40.4 Å². The van der Waals surface area contributed by atoms with Crippen molar-refractivity contribution < 1.29 is 23.4 Å². The molecular formula is C27H22BF2N3O4S. The lowest BCUT2D eigenvalue weighted by Gasteiger charge is -2.60. The molecule has 0 unspecified atom stereocenters. The maximum absolute atomic E-state index is 15.4. The summed E-state index contributed by atoms with van der Waals surface area (Å²) in [4.78, 5) is 28.6. The highest BCUT2D eigenvalue weighted by Crippen LogP contribution is 2.50. The van der Waals surface area contributed by atoms with Crippen molar-refractivity contribution >= 4 is 25.5 Å². The topological polar surface area (TPSA) is 75.0 Å². The molecule has 3 aromatic rings. The number of hydrogen-bond donors (Lipinski definition) is 1. The van der Waals surface area contributed by atoms with Crippen LogP contribution in [0.25, 0.3) is 0 Å². The molecule has 1 amide bonds. The van der Waals surface area contributed by atoms with E-state index in [9.17, 15) is 19.1 Å². The highest BCUT2D eigenvalue weighted by Gasteiger charge is 2.56. The second-order valence-corrected chi connectivity index (χ2v) is 11.4. The first-order valence-electron chi connectivity index (χ1n) is 12.4. The van der Waals surface area contributed by atoms with Crippen molar-refractivity contribution in [2.24, 2.45) is 5.41 Å². The number of rotatable bonds is 1. The van der Waals surface area contributed by atoms with Crippen molar-refractivity contribution in [1.29, 1.82) is 0 Å². The Kier molecular flexibility index (Phi) is 5.07. The van der Waals surface area contributed by atoms with Gasteiger partial charge in [-0.05, 0) is 36.1 Å². The lowest BCUT2D eigenvalue weighted by molar-refractivity contribution is -0.150. The number of nitrogens with zero attached hydrogens (tertiary/aromatic N) is 3. The zero-order valence-electron chi connectivity index (χ0n) is 20.2. The smallest absolute Gasteiger partial charge is 0.278 e. The Balaban J connectivity index is 1.56. The van der Waals surface area contributed by atoms with Crippen LogP contribution in [0, 0.1) is 17.0 Å². The Bertz CT molecular complexity index is 1580. The minimum Gasteiger partial charge on any atom is -0.502 e. The molecule has 4 aliphatic rings. The SMILES string of the molecule is [B][C@]1(N2[C@@H]3CC4(CCN3C(=O)c3c(O)c(=O)ccn32)COC4)c2ccccc2SCc2c1ccc(F)c2F. The third-order valence-electron chi connectivity index (χ3n) is 8.34. The average molecular weight is 533 g/mol. The summed E-state index contributed by atoms with van der Waals surface area (Å²) >= 11 is 1.35. The molecule has 1 spiro atoms. The van der Waals surface area contributed by atoms with Gasteiger partial charge in [-0.1, -0.05) is 24.3 Å². The number of carbonyl (C=O) groups excluding carboxylic acids is 1. The summed E-state index contributed by atoms with van der Waals surface area (Å²) in [5, 5.41) is 12.6. The third kappa shape index (κ3) is 3.05. The summed E-state index contributed by atoms with van der Waals surface area (Å²) in [6, 6.07) is 11.1. The van der Waals surface area contributed by atoms with Crippen LogP contribution in [-0.2, 0) is 15.9 Å². The fourth-order valence-electron chi connectivity index (χ4n) is 6.33. The molecule has 0 saturated carbocycles. The number of pyridine rings is 1. The van der Waals surface area contributed by atoms with Gasteiger partial charge in [-0.15, -0.1) is 11.8 Å². The van der Waals surface area contributed by atoms with E-state index in [0.717, 1.165) is 11.0 Å². The van der Waals surface area contributed by atoms with Crippen LogP contribution in [0.2, 0.25) is 0 Å². The molecular weight excluding hydrogens is 511 g/mol. The molecule has 2 saturated heterocycles. The fraction of sp³-hybridized carbons (Fsp3) is 0.333. The van der Waals surface area contributed by atoms with Gasteiger partial charge in [-0.25, -0.2) is 8.78 Å². The van der Waals surface area contributed by atoms with E-state index in [-0.39, 0.29) is 22.4 Å². The molecule has 2 radical (unpaired) electrons. The predicted octanol–water partition coefficient (Wildman–Crippen LogP) is 3.04. The van der Waals surface area contributed by atoms with E-state index in [4.69, 9.17) is 12.6 Å². The van der Waals surface area contributed by atoms with Gasteiger partial charge in [0.2, 0.25) is 5.43 Å². The van der Waals surface area contributed by atoms with E-state index < -0.39 is 40.3 Å². The number of carbonyl (C=O) groups is 1. The predicted molar refractivity (Wildman–Crippen MR) is 137 cm³/mol. The Morgan fingerprint density at radius 1 is 1.08 bits per heavy atom. The number of aromatic nitrogens is 1. The Hall–Kier alpha value is -3.31. The molecule has 0 aliphatic carbocycles. The van der Waals surface area contributed by atoms with E-state index in [2.05, 4.69) is 0 Å². The highest BCUT2D eigenvalue weighted by molar-refractivity contribution is 7.98. The molecule has 7 rings (SSSR count). The molecule has 4 aliphatic heterocycles. The molecule has 2 atom stereocenters. The molecule has 5 heterocycles. The molecule has 1 N–H and O–H groups in total. The molecule has 192 valence electrons. The van der Waals surface area contributed by atoms with Gasteiger partial charge in [-0.2, -0.15) is 0 Å². The van der Waals surface area contributed by atoms with Crippen LogP contribution < -0.4 is 10.4 Å². The zero-order chi connectivity index (χ0) is 26.4. The lowest BCUT2D eigenvalue weighted by Crippen LogP contribution is -2.72. The molecule has 7 nitrogen and oxygen atoms in total. The van der Waals surface area contributed by atoms with E-state index >= 15 is 4.39 Å². The highest BCUT2D eigenvalue weighted by atomic mass is 32.2. The van der Waals surface area contributed by atoms with Gasteiger partial charge in [0.15, 0.2) is 23.1 Å². The Morgan fingerprint density at radius 3 is 2.63 bits per heavy atom. The molecule has 2 aromatic carbocycles. The van der Waals surface area contributed by atoms with Crippen molar-refractivity contribution in [3.8, 4) is 5.75 Å². The van der Waals surface area contributed by atoms with Crippen LogP contribution >= 0.6 is 11.8 Å². The van der Waals surface area contributed by atoms with Gasteiger partial charge in [0.25, 0.3) is 5.91 Å². The van der Waals surface area contributed by atoms with Crippen LogP contribution in [0.5, 0.6) is 5.75 Å². The molecule has 0 bridgehead atoms. The number of amides is 1. The summed E-state index contributed by atoms with van der Waals surface area (Å²) < 4.78 is 36.8. The van der Waals surface area contributed by atoms with Crippen molar-refractivity contribution in [1.82, 2.24) is 9.58 Å². The van der Waals surface area contributed by atoms with Crippen molar-refractivity contribution in [2.75, 3.05) is 24.8 Å². The second-order valence-electron chi connectivity index (χ2n) is 10.4. The molecule has 38 heavy (non-hydrogen) atoms. The first kappa shape index (κ1) is 23.8. The Morgan fingerprint density at radius 2 is 1.87 bits per heavy atom. The van der Waals surface area contributed by atoms with Crippen molar-refractivity contribution in [2.45, 2.75) is 35.1 Å². The zero-order valence-corrected chi connectivity index (χ0v) is 21.0. The number of ether oxygens (including phenoxy) is 1. The summed E-state index contributed by atoms with van der Waals surface area (Å²) in [6.45, 7) is 1.45. The maximum atomic E-state index is 15.4. The van der Waals surface area contributed by atoms with E-state index in [0.29, 0.717) is 43.7 Å². The van der Waals surface area contributed by atoms with Crippen LogP contribution in [0.4, 0.5) is 8.78 Å². The maximum Gasteiger partial charge on any atom is 0.278 e. The van der Waals surface area contributed by atoms with Gasteiger partial charge in [0.05, 0.1) is 18.7 Å². The minimum atomic E-state index is -1.60. The normalized spacial score (nSPS) is 25.1. The van der Waals surface area contributed by atoms with Crippen LogP contribution in [0.15, 0.2) is 58.4 Å². The van der Waals surface area contributed by atoms with Crippen molar-refractivity contribution in [3.63, 3.8) is 0 Å². The summed E-state index contributed by atoms with van der Waals surface area (Å²) in [7, 11) is 7.45. The standard InChI is InChI=1S/C27H22BF2N3O4S/c28-27(16-5-6-18(29)22(30)15(16)12-38-20-4-2-1-3-17(20)27)33-21-11-26(13-37-14-26)8-10-31(21)25(36)23-24(35)19(34)7-9-32(23)33/h1-7,9,21,35H,8,10-14H2/t21-,27-/m1/s1. The fourth-order valence-corrected chi connectivity index (χ4v) is 7.47. The van der Waals surface area contributed by atoms with Crippen LogP contribution in [0.1, 0.15) is 40.0 Å². The van der Waals surface area contributed by atoms with Crippen LogP contribution in [0.3, 0.4) is 0 Å². The molecule has 1 aromatic heterocycles. The van der Waals surface area contributed by atoms with E-state index in [1.165, 1.54) is 34.8 Å². The molecule has 2 fully saturated rings. The number of piperidine rings is 1. The summed E-state index contributed by atoms with van der Waals surface area (Å²) in [5.41, 5.74) is -1.56. The van der Waals surface area contributed by atoms with Crippen molar-refractivity contribution in [3.05, 3.63) is 92.9 Å². The first-order chi connectivity index (χ1) is 18.2. The number of halogens is 2. The van der Waals surface area contributed by atoms with Gasteiger partial charge >= 0.3 is 0 Å². The number of fused-ring (bicyclic) bond motifs is 4. The van der Waals surface area contributed by atoms with Gasteiger partial charge in [-0.3, -0.25) is 19.3 Å². The number of aromatic hydroxyl groups is 1. The van der Waals surface area contributed by atoms with Crippen LogP contribution in [-0.4, -0.2) is 54.4 Å². The third-order valence-corrected chi connectivity index (χ3v) is 9.44. The second kappa shape index (κ2) is 8.10. The Labute approximate surface area is 222 Å². The quantitative estimate of drug-likeness (QED) is 0.485. The van der Waals surface area contributed by atoms with E-state index in [1.54, 1.807) is 9.91 Å². The van der Waals surface area contributed by atoms with Gasteiger partial charge < -0.3 is 14.7 Å². The lowest BCUT2D eigenvalue weighted by atomic mass is 9.64. The van der Waals surface area contributed by atoms with Gasteiger partial charge in [0.1, 0.15) is 14.0 Å². The van der Waals surface area contributed by atoms with E-state index in [1.807, 2.05) is 24.3 Å².